The zero-order chi connectivity index (χ0) is 11.9. The van der Waals surface area contributed by atoms with Gasteiger partial charge in [0.2, 0.25) is 20.0 Å². The molecule has 0 bridgehead atoms. The lowest BCUT2D eigenvalue weighted by Crippen LogP contribution is -2.29. The zero-order valence-electron chi connectivity index (χ0n) is 8.15. The molecule has 0 spiro atoms. The molecule has 0 rings (SSSR count). The number of nitrogens with one attached hydrogen (secondary N) is 1. The van der Waals surface area contributed by atoms with E-state index in [0.29, 0.717) is 6.42 Å². The third kappa shape index (κ3) is 10.4. The van der Waals surface area contributed by atoms with Gasteiger partial charge in [-0.1, -0.05) is 0 Å². The molecule has 0 aliphatic carbocycles. The van der Waals surface area contributed by atoms with Crippen molar-refractivity contribution in [2.45, 2.75) is 12.8 Å². The predicted molar refractivity (Wildman–Crippen MR) is 59.7 cm³/mol. The summed E-state index contributed by atoms with van der Waals surface area (Å²) in [6.45, 7) is 0.0705. The molecule has 9 heteroatoms. The molecule has 0 radical (unpaired) electrons. The van der Waals surface area contributed by atoms with Crippen LogP contribution in [0.2, 0.25) is 0 Å². The van der Waals surface area contributed by atoms with E-state index >= 15 is 0 Å². The monoisotopic (exact) mass is 278 g/mol. The minimum Gasteiger partial charge on any atom is -0.229 e. The summed E-state index contributed by atoms with van der Waals surface area (Å²) in [7, 11) is -6.85. The van der Waals surface area contributed by atoms with E-state index < -0.39 is 20.0 Å². The zero-order valence-corrected chi connectivity index (χ0v) is 10.5. The van der Waals surface area contributed by atoms with Crippen LogP contribution in [0.15, 0.2) is 0 Å². The van der Waals surface area contributed by atoms with Gasteiger partial charge < -0.3 is 0 Å². The van der Waals surface area contributed by atoms with Gasteiger partial charge in [0.05, 0.1) is 11.5 Å². The highest BCUT2D eigenvalue weighted by Crippen LogP contribution is 1.93. The van der Waals surface area contributed by atoms with Gasteiger partial charge in [-0.25, -0.2) is 26.7 Å². The van der Waals surface area contributed by atoms with Crippen molar-refractivity contribution < 1.29 is 16.8 Å². The first-order valence-electron chi connectivity index (χ1n) is 4.30. The van der Waals surface area contributed by atoms with Crippen molar-refractivity contribution in [2.75, 3.05) is 23.9 Å². The number of hydrogen-bond donors (Lipinski definition) is 2. The highest BCUT2D eigenvalue weighted by Gasteiger charge is 2.09. The van der Waals surface area contributed by atoms with Crippen LogP contribution < -0.4 is 9.86 Å². The summed E-state index contributed by atoms with van der Waals surface area (Å²) in [4.78, 5) is 0. The van der Waals surface area contributed by atoms with E-state index in [1.165, 1.54) is 0 Å². The maximum absolute atomic E-state index is 11.2. The van der Waals surface area contributed by atoms with Crippen LogP contribution in [0, 0.1) is 0 Å². The van der Waals surface area contributed by atoms with Crippen LogP contribution in [-0.2, 0) is 20.0 Å². The summed E-state index contributed by atoms with van der Waals surface area (Å²) in [5.74, 6) is -0.00497. The first kappa shape index (κ1) is 15.1. The third-order valence-corrected chi connectivity index (χ3v) is 4.07. The van der Waals surface area contributed by atoms with E-state index in [2.05, 4.69) is 4.72 Å². The standard InChI is InChI=1S/C6H15ClN2O4S2/c7-3-1-6-15(12,13)9-4-2-5-14(8,10)11/h9H,1-6H2,(H2,8,10,11). The lowest BCUT2D eigenvalue weighted by molar-refractivity contribution is 0.575. The van der Waals surface area contributed by atoms with Crippen LogP contribution in [0.3, 0.4) is 0 Å². The highest BCUT2D eigenvalue weighted by molar-refractivity contribution is 7.89. The van der Waals surface area contributed by atoms with Gasteiger partial charge in [-0.3, -0.25) is 0 Å². The van der Waals surface area contributed by atoms with Gasteiger partial charge in [0, 0.05) is 12.4 Å². The van der Waals surface area contributed by atoms with E-state index in [9.17, 15) is 16.8 Å². The van der Waals surface area contributed by atoms with E-state index in [1.54, 1.807) is 0 Å². The number of alkyl halides is 1. The van der Waals surface area contributed by atoms with Crippen molar-refractivity contribution in [2.24, 2.45) is 5.14 Å². The first-order chi connectivity index (χ1) is 6.77. The topological polar surface area (TPSA) is 106 Å². The Hall–Kier alpha value is 0.110. The number of primary sulfonamides is 1. The lowest BCUT2D eigenvalue weighted by atomic mass is 10.5. The largest absolute Gasteiger partial charge is 0.229 e. The van der Waals surface area contributed by atoms with Gasteiger partial charge in [-0.2, -0.15) is 0 Å². The van der Waals surface area contributed by atoms with Gasteiger partial charge in [0.25, 0.3) is 0 Å². The Labute approximate surface area is 95.3 Å². The summed E-state index contributed by atoms with van der Waals surface area (Å²) >= 11 is 5.34. The Kier molecular flexibility index (Phi) is 6.69. The maximum atomic E-state index is 11.2. The molecule has 6 nitrogen and oxygen atoms in total. The van der Waals surface area contributed by atoms with Gasteiger partial charge in [-0.05, 0) is 12.8 Å². The molecule has 0 atom stereocenters. The molecule has 0 amide bonds. The lowest BCUT2D eigenvalue weighted by Gasteiger charge is -2.04. The fourth-order valence-corrected chi connectivity index (χ4v) is 2.78. The Morgan fingerprint density at radius 2 is 1.67 bits per heavy atom. The van der Waals surface area contributed by atoms with Gasteiger partial charge >= 0.3 is 0 Å². The van der Waals surface area contributed by atoms with Crippen molar-refractivity contribution in [3.63, 3.8) is 0 Å². The summed E-state index contributed by atoms with van der Waals surface area (Å²) in [5.41, 5.74) is 0. The number of nitrogens with two attached hydrogens (primary N) is 1. The van der Waals surface area contributed by atoms with E-state index in [0.717, 1.165) is 0 Å². The molecule has 0 fully saturated rings. The second-order valence-electron chi connectivity index (χ2n) is 2.98. The fourth-order valence-electron chi connectivity index (χ4n) is 0.818. The average molecular weight is 279 g/mol. The quantitative estimate of drug-likeness (QED) is 0.448. The van der Waals surface area contributed by atoms with Crippen LogP contribution in [0.25, 0.3) is 0 Å². The molecular weight excluding hydrogens is 264 g/mol. The molecule has 0 aromatic carbocycles. The average Bonchev–Trinajstić information content (AvgIpc) is 2.08. The Balaban J connectivity index is 3.76. The molecule has 0 saturated carbocycles. The van der Waals surface area contributed by atoms with Crippen molar-refractivity contribution in [3.05, 3.63) is 0 Å². The van der Waals surface area contributed by atoms with Crippen LogP contribution in [0.1, 0.15) is 12.8 Å². The minimum atomic E-state index is -3.51. The normalized spacial score (nSPS) is 12.9. The number of halogens is 1. The molecule has 0 aromatic rings. The molecule has 3 N–H and O–H groups in total. The van der Waals surface area contributed by atoms with E-state index in [4.69, 9.17) is 16.7 Å². The fraction of sp³-hybridized carbons (Fsp3) is 1.00. The Morgan fingerprint density at radius 1 is 1.07 bits per heavy atom. The minimum absolute atomic E-state index is 0.0497. The van der Waals surface area contributed by atoms with Crippen molar-refractivity contribution in [3.8, 4) is 0 Å². The molecule has 92 valence electrons. The second-order valence-corrected chi connectivity index (χ2v) is 7.01. The highest BCUT2D eigenvalue weighted by atomic mass is 35.5. The summed E-state index contributed by atoms with van der Waals surface area (Å²) in [5, 5.41) is 4.74. The number of hydrogen-bond acceptors (Lipinski definition) is 4. The Bertz CT molecular complexity index is 365. The molecule has 0 heterocycles. The Morgan fingerprint density at radius 3 is 2.13 bits per heavy atom. The van der Waals surface area contributed by atoms with Crippen molar-refractivity contribution in [1.82, 2.24) is 4.72 Å². The third-order valence-electron chi connectivity index (χ3n) is 1.47. The van der Waals surface area contributed by atoms with Crippen LogP contribution >= 0.6 is 11.6 Å². The van der Waals surface area contributed by atoms with Crippen LogP contribution in [-0.4, -0.2) is 40.8 Å². The summed E-state index contributed by atoms with van der Waals surface area (Å²) in [6, 6.07) is 0. The smallest absolute Gasteiger partial charge is 0.211 e. The summed E-state index contributed by atoms with van der Waals surface area (Å²) in [6.07, 6.45) is 0.533. The van der Waals surface area contributed by atoms with E-state index in [-0.39, 0.29) is 30.4 Å². The van der Waals surface area contributed by atoms with Crippen LogP contribution in [0.4, 0.5) is 0 Å². The summed E-state index contributed by atoms with van der Waals surface area (Å²) < 4.78 is 45.6. The first-order valence-corrected chi connectivity index (χ1v) is 8.21. The van der Waals surface area contributed by atoms with Gasteiger partial charge in [0.1, 0.15) is 0 Å². The maximum Gasteiger partial charge on any atom is 0.211 e. The van der Waals surface area contributed by atoms with Gasteiger partial charge in [-0.15, -0.1) is 11.6 Å². The predicted octanol–water partition coefficient (Wildman–Crippen LogP) is -0.787. The van der Waals surface area contributed by atoms with Crippen molar-refractivity contribution in [1.29, 1.82) is 0 Å². The number of rotatable bonds is 8. The molecular formula is C6H15ClN2O4S2. The number of sulfonamides is 2. The molecule has 0 saturated heterocycles. The van der Waals surface area contributed by atoms with Gasteiger partial charge in [0.15, 0.2) is 0 Å². The molecule has 0 aliphatic rings. The molecule has 0 aliphatic heterocycles. The molecule has 0 unspecified atom stereocenters. The van der Waals surface area contributed by atoms with Crippen molar-refractivity contribution >= 4 is 31.6 Å². The second kappa shape index (κ2) is 6.64. The molecule has 0 aromatic heterocycles. The SMILES string of the molecule is NS(=O)(=O)CCCNS(=O)(=O)CCCCl. The van der Waals surface area contributed by atoms with Crippen LogP contribution in [0.5, 0.6) is 0 Å². The molecule has 15 heavy (non-hydrogen) atoms. The van der Waals surface area contributed by atoms with E-state index in [1.807, 2.05) is 0 Å².